The van der Waals surface area contributed by atoms with E-state index in [1.165, 1.54) is 0 Å². The second kappa shape index (κ2) is 9.62. The molecule has 1 rings (SSSR count). The summed E-state index contributed by atoms with van der Waals surface area (Å²) in [4.78, 5) is 0. The summed E-state index contributed by atoms with van der Waals surface area (Å²) in [5.41, 5.74) is 0. The average Bonchev–Trinajstić information content (AvgIpc) is 2.44. The van der Waals surface area contributed by atoms with E-state index in [1.807, 2.05) is 6.92 Å². The van der Waals surface area contributed by atoms with Gasteiger partial charge in [-0.3, -0.25) is 0 Å². The molecule has 120 valence electrons. The fourth-order valence-electron chi connectivity index (χ4n) is 1.84. The van der Waals surface area contributed by atoms with Crippen LogP contribution in [0.3, 0.4) is 0 Å². The first-order chi connectivity index (χ1) is 9.57. The number of aliphatic hydroxyl groups excluding tert-OH is 3. The van der Waals surface area contributed by atoms with Crippen LogP contribution >= 0.6 is 0 Å². The third kappa shape index (κ3) is 5.61. The largest absolute Gasteiger partial charge is 0.388 e. The second-order valence-corrected chi connectivity index (χ2v) is 4.78. The lowest BCUT2D eigenvalue weighted by molar-refractivity contribution is -0.294. The van der Waals surface area contributed by atoms with Gasteiger partial charge in [0.15, 0.2) is 6.29 Å². The molecule has 0 aromatic heterocycles. The Morgan fingerprint density at radius 3 is 2.10 bits per heavy atom. The highest BCUT2D eigenvalue weighted by atomic mass is 16.7. The molecule has 0 aliphatic carbocycles. The summed E-state index contributed by atoms with van der Waals surface area (Å²) in [5, 5.41) is 28.8. The second-order valence-electron chi connectivity index (χ2n) is 4.78. The Hall–Kier alpha value is -0.280. The van der Waals surface area contributed by atoms with Gasteiger partial charge in [-0.2, -0.15) is 0 Å². The maximum absolute atomic E-state index is 9.70. The molecule has 1 aliphatic rings. The lowest BCUT2D eigenvalue weighted by Crippen LogP contribution is -2.57. The topological polar surface area (TPSA) is 97.6 Å². The van der Waals surface area contributed by atoms with Gasteiger partial charge in [0.1, 0.15) is 18.3 Å². The van der Waals surface area contributed by atoms with Crippen LogP contribution in [0, 0.1) is 0 Å². The van der Waals surface area contributed by atoms with Crippen LogP contribution in [0.4, 0.5) is 0 Å². The summed E-state index contributed by atoms with van der Waals surface area (Å²) >= 11 is 0. The van der Waals surface area contributed by atoms with Crippen LogP contribution in [0.15, 0.2) is 0 Å². The van der Waals surface area contributed by atoms with Crippen molar-refractivity contribution in [1.29, 1.82) is 0 Å². The molecule has 7 nitrogen and oxygen atoms in total. The molecule has 0 radical (unpaired) electrons. The predicted molar refractivity (Wildman–Crippen MR) is 70.2 cm³/mol. The van der Waals surface area contributed by atoms with Gasteiger partial charge in [-0.15, -0.1) is 0 Å². The molecule has 1 aliphatic heterocycles. The zero-order chi connectivity index (χ0) is 15.0. The number of ether oxygens (including phenoxy) is 4. The van der Waals surface area contributed by atoms with E-state index in [9.17, 15) is 15.3 Å². The highest BCUT2D eigenvalue weighted by Crippen LogP contribution is 2.21. The monoisotopic (exact) mass is 294 g/mol. The Morgan fingerprint density at radius 1 is 0.850 bits per heavy atom. The molecule has 0 amide bonds. The van der Waals surface area contributed by atoms with Crippen LogP contribution in [-0.2, 0) is 18.9 Å². The van der Waals surface area contributed by atoms with E-state index in [4.69, 9.17) is 18.9 Å². The summed E-state index contributed by atoms with van der Waals surface area (Å²) < 4.78 is 21.1. The first-order valence-corrected chi connectivity index (χ1v) is 7.04. The fourth-order valence-corrected chi connectivity index (χ4v) is 1.84. The van der Waals surface area contributed by atoms with E-state index in [-0.39, 0.29) is 6.61 Å². The highest BCUT2D eigenvalue weighted by Gasteiger charge is 2.42. The van der Waals surface area contributed by atoms with Gasteiger partial charge in [0.25, 0.3) is 0 Å². The van der Waals surface area contributed by atoms with Crippen molar-refractivity contribution >= 4 is 0 Å². The number of hydrogen-bond donors (Lipinski definition) is 3. The Bertz CT molecular complexity index is 251. The first-order valence-electron chi connectivity index (χ1n) is 7.04. The maximum atomic E-state index is 9.70. The number of rotatable bonds is 9. The predicted octanol–water partition coefficient (Wildman–Crippen LogP) is -0.726. The van der Waals surface area contributed by atoms with E-state index in [2.05, 4.69) is 0 Å². The minimum atomic E-state index is -1.27. The van der Waals surface area contributed by atoms with Crippen molar-refractivity contribution in [3.05, 3.63) is 0 Å². The van der Waals surface area contributed by atoms with E-state index >= 15 is 0 Å². The number of hydrogen-bond acceptors (Lipinski definition) is 7. The summed E-state index contributed by atoms with van der Waals surface area (Å²) in [6, 6.07) is 0. The minimum absolute atomic E-state index is 0.227. The van der Waals surface area contributed by atoms with E-state index in [0.29, 0.717) is 19.8 Å². The van der Waals surface area contributed by atoms with Crippen LogP contribution in [-0.4, -0.2) is 79.1 Å². The van der Waals surface area contributed by atoms with Crippen molar-refractivity contribution in [3.63, 3.8) is 0 Å². The molecular weight excluding hydrogens is 268 g/mol. The molecule has 1 saturated heterocycles. The van der Waals surface area contributed by atoms with Crippen LogP contribution in [0.25, 0.3) is 0 Å². The molecule has 0 aromatic carbocycles. The molecule has 0 spiro atoms. The smallest absolute Gasteiger partial charge is 0.186 e. The van der Waals surface area contributed by atoms with Gasteiger partial charge in [-0.25, -0.2) is 0 Å². The average molecular weight is 294 g/mol. The molecule has 0 unspecified atom stereocenters. The van der Waals surface area contributed by atoms with Crippen molar-refractivity contribution in [3.8, 4) is 0 Å². The van der Waals surface area contributed by atoms with Crippen LogP contribution in [0.2, 0.25) is 0 Å². The molecule has 1 heterocycles. The van der Waals surface area contributed by atoms with E-state index < -0.39 is 30.7 Å². The van der Waals surface area contributed by atoms with Gasteiger partial charge in [0.05, 0.1) is 32.5 Å². The van der Waals surface area contributed by atoms with Gasteiger partial charge in [-0.05, 0) is 13.3 Å². The molecule has 0 bridgehead atoms. The van der Waals surface area contributed by atoms with Crippen LogP contribution in [0.5, 0.6) is 0 Å². The Labute approximate surface area is 119 Å². The molecule has 0 aromatic rings. The Balaban J connectivity index is 2.09. The molecule has 3 N–H and O–H groups in total. The van der Waals surface area contributed by atoms with E-state index in [1.54, 1.807) is 6.92 Å². The standard InChI is InChI=1S/C13H26O7/c1-3-4-17-5-6-18-7-8-19-13-12(16)11(15)10(14)9(2)20-13/h9-16H,3-8H2,1-2H3/t9-,10-,11+,12+,13+/m1/s1. The Morgan fingerprint density at radius 2 is 1.45 bits per heavy atom. The van der Waals surface area contributed by atoms with Crippen molar-refractivity contribution in [2.45, 2.75) is 51.0 Å². The summed E-state index contributed by atoms with van der Waals surface area (Å²) in [7, 11) is 0. The summed E-state index contributed by atoms with van der Waals surface area (Å²) in [6.07, 6.45) is -4.23. The zero-order valence-corrected chi connectivity index (χ0v) is 12.1. The lowest BCUT2D eigenvalue weighted by atomic mass is 10.0. The van der Waals surface area contributed by atoms with E-state index in [0.717, 1.165) is 13.0 Å². The lowest BCUT2D eigenvalue weighted by Gasteiger charge is -2.38. The third-order valence-electron chi connectivity index (χ3n) is 3.04. The molecule has 1 fully saturated rings. The maximum Gasteiger partial charge on any atom is 0.186 e. The molecular formula is C13H26O7. The zero-order valence-electron chi connectivity index (χ0n) is 12.1. The first kappa shape index (κ1) is 17.8. The van der Waals surface area contributed by atoms with Crippen LogP contribution in [0.1, 0.15) is 20.3 Å². The van der Waals surface area contributed by atoms with Crippen molar-refractivity contribution in [1.82, 2.24) is 0 Å². The van der Waals surface area contributed by atoms with Gasteiger partial charge in [0, 0.05) is 6.61 Å². The molecule has 7 heteroatoms. The third-order valence-corrected chi connectivity index (χ3v) is 3.04. The summed E-state index contributed by atoms with van der Waals surface area (Å²) in [5.74, 6) is 0. The van der Waals surface area contributed by atoms with Gasteiger partial charge < -0.3 is 34.3 Å². The number of aliphatic hydroxyl groups is 3. The van der Waals surface area contributed by atoms with Gasteiger partial charge in [-0.1, -0.05) is 6.92 Å². The highest BCUT2D eigenvalue weighted by molar-refractivity contribution is 4.87. The molecule has 20 heavy (non-hydrogen) atoms. The Kier molecular flexibility index (Phi) is 8.55. The van der Waals surface area contributed by atoms with Crippen molar-refractivity contribution in [2.24, 2.45) is 0 Å². The van der Waals surface area contributed by atoms with Gasteiger partial charge in [0.2, 0.25) is 0 Å². The fraction of sp³-hybridized carbons (Fsp3) is 1.00. The van der Waals surface area contributed by atoms with Crippen molar-refractivity contribution in [2.75, 3.05) is 33.0 Å². The molecule has 0 saturated carbocycles. The summed E-state index contributed by atoms with van der Waals surface area (Å²) in [6.45, 7) is 5.96. The van der Waals surface area contributed by atoms with Gasteiger partial charge >= 0.3 is 0 Å². The van der Waals surface area contributed by atoms with Crippen LogP contribution < -0.4 is 0 Å². The molecule has 5 atom stereocenters. The minimum Gasteiger partial charge on any atom is -0.388 e. The SMILES string of the molecule is CCCOCCOCCO[C@H]1O[C@H](C)[C@@H](O)[C@H](O)[C@@H]1O. The van der Waals surface area contributed by atoms with Crippen molar-refractivity contribution < 1.29 is 34.3 Å². The quantitative estimate of drug-likeness (QED) is 0.482. The normalized spacial score (nSPS) is 34.4.